The minimum Gasteiger partial charge on any atom is -0.444 e. The number of aromatic nitrogens is 5. The summed E-state index contributed by atoms with van der Waals surface area (Å²) >= 11 is 0. The van der Waals surface area contributed by atoms with Gasteiger partial charge in [-0.2, -0.15) is 0 Å². The number of amides is 1. The molecule has 0 bridgehead atoms. The number of rotatable bonds is 3. The number of fused-ring (bicyclic) bond motifs is 1. The topological polar surface area (TPSA) is 89.3 Å². The van der Waals surface area contributed by atoms with Crippen LogP contribution in [0.15, 0.2) is 6.20 Å². The van der Waals surface area contributed by atoms with E-state index >= 15 is 0 Å². The van der Waals surface area contributed by atoms with E-state index in [-0.39, 0.29) is 12.1 Å². The molecule has 9 heteroatoms. The molecule has 0 spiro atoms. The number of carbonyl (C=O) groups excluding carboxylic acids is 1. The summed E-state index contributed by atoms with van der Waals surface area (Å²) in [4.78, 5) is 25.9. The van der Waals surface area contributed by atoms with Gasteiger partial charge in [0, 0.05) is 36.9 Å². The SMILES string of the molecule is C[C@H]1CCN1c1nc2c(c(-c3cn(C4CN(C(=O)OC(C)(C)C)C4)nn3)n1)CCC2. The van der Waals surface area contributed by atoms with Crippen molar-refractivity contribution in [3.8, 4) is 11.4 Å². The molecular formula is C21H29N7O2. The van der Waals surface area contributed by atoms with Crippen LogP contribution < -0.4 is 4.90 Å². The predicted molar refractivity (Wildman–Crippen MR) is 111 cm³/mol. The van der Waals surface area contributed by atoms with E-state index in [1.807, 2.05) is 31.6 Å². The van der Waals surface area contributed by atoms with Crippen molar-refractivity contribution in [2.45, 2.75) is 71.1 Å². The van der Waals surface area contributed by atoms with Crippen molar-refractivity contribution in [3.05, 3.63) is 17.5 Å². The lowest BCUT2D eigenvalue weighted by atomic mass is 10.1. The van der Waals surface area contributed by atoms with Gasteiger partial charge < -0.3 is 14.5 Å². The number of aryl methyl sites for hydroxylation is 1. The number of ether oxygens (including phenoxy) is 1. The van der Waals surface area contributed by atoms with E-state index in [4.69, 9.17) is 14.7 Å². The summed E-state index contributed by atoms with van der Waals surface area (Å²) in [6.45, 7) is 10.0. The Balaban J connectivity index is 1.34. The maximum absolute atomic E-state index is 12.2. The molecule has 2 aliphatic heterocycles. The number of hydrogen-bond acceptors (Lipinski definition) is 7. The number of likely N-dealkylation sites (tertiary alicyclic amines) is 1. The zero-order valence-corrected chi connectivity index (χ0v) is 18.1. The van der Waals surface area contributed by atoms with Crippen LogP contribution in [0.3, 0.4) is 0 Å². The highest BCUT2D eigenvalue weighted by Gasteiger charge is 2.36. The van der Waals surface area contributed by atoms with Gasteiger partial charge in [0.2, 0.25) is 5.95 Å². The Morgan fingerprint density at radius 3 is 2.67 bits per heavy atom. The van der Waals surface area contributed by atoms with Gasteiger partial charge in [0.1, 0.15) is 17.0 Å². The Kier molecular flexibility index (Phi) is 4.44. The molecule has 2 saturated heterocycles. The highest BCUT2D eigenvalue weighted by molar-refractivity contribution is 5.69. The maximum Gasteiger partial charge on any atom is 0.410 e. The second kappa shape index (κ2) is 6.92. The molecule has 1 atom stereocenters. The quantitative estimate of drug-likeness (QED) is 0.767. The summed E-state index contributed by atoms with van der Waals surface area (Å²) in [6, 6.07) is 0.602. The van der Waals surface area contributed by atoms with Crippen LogP contribution in [0.5, 0.6) is 0 Å². The standard InChI is InChI=1S/C21H29N7O2/c1-13-8-9-27(13)19-22-16-7-5-6-15(16)18(23-19)17-12-28(25-24-17)14-10-26(11-14)20(29)30-21(2,3)4/h12-14H,5-11H2,1-4H3/t13-/m0/s1. The van der Waals surface area contributed by atoms with E-state index in [2.05, 4.69) is 22.1 Å². The Morgan fingerprint density at radius 1 is 1.20 bits per heavy atom. The van der Waals surface area contributed by atoms with Gasteiger partial charge in [0.25, 0.3) is 0 Å². The number of nitrogens with zero attached hydrogens (tertiary/aromatic N) is 7. The number of anilines is 1. The Hall–Kier alpha value is -2.71. The van der Waals surface area contributed by atoms with Crippen LogP contribution >= 0.6 is 0 Å². The van der Waals surface area contributed by atoms with Gasteiger partial charge in [-0.15, -0.1) is 5.10 Å². The van der Waals surface area contributed by atoms with Gasteiger partial charge in [0.15, 0.2) is 0 Å². The lowest BCUT2D eigenvalue weighted by Crippen LogP contribution is -2.52. The molecule has 1 aliphatic carbocycles. The monoisotopic (exact) mass is 411 g/mol. The second-order valence-corrected chi connectivity index (χ2v) is 9.61. The fourth-order valence-corrected chi connectivity index (χ4v) is 4.24. The van der Waals surface area contributed by atoms with Gasteiger partial charge in [-0.3, -0.25) is 0 Å². The van der Waals surface area contributed by atoms with E-state index in [1.54, 1.807) is 4.90 Å². The maximum atomic E-state index is 12.2. The van der Waals surface area contributed by atoms with Gasteiger partial charge in [0.05, 0.1) is 12.2 Å². The molecule has 0 aromatic carbocycles. The molecule has 5 rings (SSSR count). The summed E-state index contributed by atoms with van der Waals surface area (Å²) < 4.78 is 7.28. The van der Waals surface area contributed by atoms with Crippen LogP contribution in [0.2, 0.25) is 0 Å². The minimum absolute atomic E-state index is 0.114. The molecule has 2 aromatic heterocycles. The molecule has 3 aliphatic rings. The van der Waals surface area contributed by atoms with Gasteiger partial charge >= 0.3 is 6.09 Å². The molecule has 0 saturated carbocycles. The fourth-order valence-electron chi connectivity index (χ4n) is 4.24. The lowest BCUT2D eigenvalue weighted by Gasteiger charge is -2.39. The third kappa shape index (κ3) is 3.40. The summed E-state index contributed by atoms with van der Waals surface area (Å²) in [5.74, 6) is 0.818. The highest BCUT2D eigenvalue weighted by Crippen LogP contribution is 2.33. The normalized spacial score (nSPS) is 21.3. The van der Waals surface area contributed by atoms with Crippen LogP contribution in [-0.4, -0.2) is 67.2 Å². The molecule has 30 heavy (non-hydrogen) atoms. The van der Waals surface area contributed by atoms with Crippen LogP contribution in [-0.2, 0) is 17.6 Å². The summed E-state index contributed by atoms with van der Waals surface area (Å²) in [5.41, 5.74) is 3.59. The van der Waals surface area contributed by atoms with E-state index < -0.39 is 5.60 Å². The van der Waals surface area contributed by atoms with Crippen molar-refractivity contribution < 1.29 is 9.53 Å². The third-order valence-corrected chi connectivity index (χ3v) is 6.14. The summed E-state index contributed by atoms with van der Waals surface area (Å²) in [6.07, 6.45) is 5.96. The first-order valence-corrected chi connectivity index (χ1v) is 10.8. The molecular weight excluding hydrogens is 382 g/mol. The molecule has 160 valence electrons. The van der Waals surface area contributed by atoms with Crippen LogP contribution in [0, 0.1) is 0 Å². The number of hydrogen-bond donors (Lipinski definition) is 0. The van der Waals surface area contributed by atoms with Crippen LogP contribution in [0.1, 0.15) is 57.8 Å². The molecule has 2 fully saturated rings. The van der Waals surface area contributed by atoms with Crippen molar-refractivity contribution in [2.24, 2.45) is 0 Å². The van der Waals surface area contributed by atoms with Crippen molar-refractivity contribution in [1.82, 2.24) is 29.9 Å². The first-order chi connectivity index (χ1) is 14.3. The molecule has 2 aromatic rings. The first-order valence-electron chi connectivity index (χ1n) is 10.8. The number of carbonyl (C=O) groups is 1. The molecule has 9 nitrogen and oxygen atoms in total. The van der Waals surface area contributed by atoms with Crippen molar-refractivity contribution in [3.63, 3.8) is 0 Å². The van der Waals surface area contributed by atoms with Crippen molar-refractivity contribution >= 4 is 12.0 Å². The lowest BCUT2D eigenvalue weighted by molar-refractivity contribution is -0.000611. The van der Waals surface area contributed by atoms with Crippen LogP contribution in [0.4, 0.5) is 10.7 Å². The molecule has 0 N–H and O–H groups in total. The smallest absolute Gasteiger partial charge is 0.410 e. The molecule has 1 amide bonds. The zero-order chi connectivity index (χ0) is 21.0. The van der Waals surface area contributed by atoms with Crippen molar-refractivity contribution in [2.75, 3.05) is 24.5 Å². The van der Waals surface area contributed by atoms with Crippen molar-refractivity contribution in [1.29, 1.82) is 0 Å². The predicted octanol–water partition coefficient (Wildman–Crippen LogP) is 2.61. The average Bonchev–Trinajstić information content (AvgIpc) is 3.26. The van der Waals surface area contributed by atoms with E-state index in [0.29, 0.717) is 19.1 Å². The largest absolute Gasteiger partial charge is 0.444 e. The molecule has 0 radical (unpaired) electrons. The molecule has 0 unspecified atom stereocenters. The molecule has 4 heterocycles. The Labute approximate surface area is 176 Å². The van der Waals surface area contributed by atoms with Gasteiger partial charge in [-0.05, 0) is 53.4 Å². The zero-order valence-electron chi connectivity index (χ0n) is 18.1. The van der Waals surface area contributed by atoms with E-state index in [9.17, 15) is 4.79 Å². The van der Waals surface area contributed by atoms with Gasteiger partial charge in [-0.1, -0.05) is 5.21 Å². The first kappa shape index (κ1) is 19.3. The van der Waals surface area contributed by atoms with E-state index in [0.717, 1.165) is 48.8 Å². The summed E-state index contributed by atoms with van der Waals surface area (Å²) in [5, 5.41) is 8.77. The fraction of sp³-hybridized carbons (Fsp3) is 0.667. The Bertz CT molecular complexity index is 974. The average molecular weight is 412 g/mol. The van der Waals surface area contributed by atoms with Gasteiger partial charge in [-0.25, -0.2) is 19.4 Å². The van der Waals surface area contributed by atoms with Crippen LogP contribution in [0.25, 0.3) is 11.4 Å². The van der Waals surface area contributed by atoms with E-state index in [1.165, 1.54) is 12.0 Å². The summed E-state index contributed by atoms with van der Waals surface area (Å²) in [7, 11) is 0. The second-order valence-electron chi connectivity index (χ2n) is 9.61. The third-order valence-electron chi connectivity index (χ3n) is 6.14. The highest BCUT2D eigenvalue weighted by atomic mass is 16.6. The minimum atomic E-state index is -0.484. The Morgan fingerprint density at radius 2 is 2.00 bits per heavy atom.